The van der Waals surface area contributed by atoms with Crippen LogP contribution in [0.4, 0.5) is 0 Å². The minimum Gasteiger partial charge on any atom is -0.293 e. The minimum absolute atomic E-state index is 0.294. The van der Waals surface area contributed by atoms with Crippen LogP contribution in [-0.4, -0.2) is 9.78 Å². The number of hydrogen-bond acceptors (Lipinski definition) is 4. The number of aryl methyl sites for hydroxylation is 1. The summed E-state index contributed by atoms with van der Waals surface area (Å²) < 4.78 is 1.83. The van der Waals surface area contributed by atoms with E-state index in [9.17, 15) is 0 Å². The Morgan fingerprint density at radius 1 is 1.65 bits per heavy atom. The predicted molar refractivity (Wildman–Crippen MR) is 67.4 cm³/mol. The molecule has 17 heavy (non-hydrogen) atoms. The topological polar surface area (TPSA) is 53.6 Å². The van der Waals surface area contributed by atoms with Crippen LogP contribution in [0.25, 0.3) is 0 Å². The van der Waals surface area contributed by atoms with Crippen LogP contribution < -0.4 is 5.32 Å². The number of aromatic nitrogens is 2. The van der Waals surface area contributed by atoms with E-state index in [1.165, 1.54) is 4.88 Å². The monoisotopic (exact) mass is 246 g/mol. The van der Waals surface area contributed by atoms with Gasteiger partial charge in [-0.15, -0.1) is 11.3 Å². The first-order valence-electron chi connectivity index (χ1n) is 5.51. The van der Waals surface area contributed by atoms with E-state index in [1.807, 2.05) is 29.2 Å². The molecule has 2 aromatic heterocycles. The maximum atomic E-state index is 9.14. The van der Waals surface area contributed by atoms with Gasteiger partial charge in [0.05, 0.1) is 12.3 Å². The van der Waals surface area contributed by atoms with Gasteiger partial charge >= 0.3 is 0 Å². The first-order valence-corrected chi connectivity index (χ1v) is 6.39. The van der Waals surface area contributed by atoms with Crippen LogP contribution in [0.15, 0.2) is 29.9 Å². The Hall–Kier alpha value is -1.64. The first kappa shape index (κ1) is 11.8. The number of hydrogen-bond donors (Lipinski definition) is 1. The summed E-state index contributed by atoms with van der Waals surface area (Å²) in [4.78, 5) is 1.23. The van der Waals surface area contributed by atoms with Crippen LogP contribution in [0.5, 0.6) is 0 Å². The highest BCUT2D eigenvalue weighted by Gasteiger charge is 2.11. The molecule has 1 unspecified atom stereocenters. The average Bonchev–Trinajstić information content (AvgIpc) is 3.00. The third kappa shape index (κ3) is 2.93. The Morgan fingerprint density at radius 3 is 3.12 bits per heavy atom. The van der Waals surface area contributed by atoms with Gasteiger partial charge in [0, 0.05) is 29.7 Å². The van der Waals surface area contributed by atoms with E-state index in [0.717, 1.165) is 12.1 Å². The second-order valence-electron chi connectivity index (χ2n) is 3.65. The number of nitrogens with one attached hydrogen (secondary N) is 1. The number of rotatable bonds is 5. The summed E-state index contributed by atoms with van der Waals surface area (Å²) in [6, 6.07) is 6.03. The molecule has 0 radical (unpaired) electrons. The van der Waals surface area contributed by atoms with E-state index in [2.05, 4.69) is 22.6 Å². The zero-order valence-corrected chi connectivity index (χ0v) is 10.4. The van der Waals surface area contributed by atoms with Crippen LogP contribution in [0.1, 0.15) is 23.4 Å². The van der Waals surface area contributed by atoms with E-state index in [-0.39, 0.29) is 6.04 Å². The smallest absolute Gasteiger partial charge is 0.124 e. The summed E-state index contributed by atoms with van der Waals surface area (Å²) in [6.07, 6.45) is 3.66. The summed E-state index contributed by atoms with van der Waals surface area (Å²) in [5, 5.41) is 18.6. The van der Waals surface area contributed by atoms with Gasteiger partial charge in [-0.25, -0.2) is 0 Å². The molecule has 0 aliphatic carbocycles. The molecule has 0 aliphatic heterocycles. The van der Waals surface area contributed by atoms with Gasteiger partial charge in [0.15, 0.2) is 0 Å². The Labute approximate surface area is 105 Å². The molecule has 2 rings (SSSR count). The Balaban J connectivity index is 1.99. The van der Waals surface area contributed by atoms with Crippen LogP contribution in [0, 0.1) is 11.3 Å². The molecule has 0 saturated heterocycles. The van der Waals surface area contributed by atoms with Crippen LogP contribution in [-0.2, 0) is 13.1 Å². The quantitative estimate of drug-likeness (QED) is 0.881. The molecule has 0 spiro atoms. The van der Waals surface area contributed by atoms with Crippen molar-refractivity contribution in [1.82, 2.24) is 15.1 Å². The second kappa shape index (κ2) is 5.62. The molecule has 0 bridgehead atoms. The molecule has 2 aromatic rings. The molecular formula is C12H14N4S. The van der Waals surface area contributed by atoms with E-state index in [4.69, 9.17) is 5.26 Å². The molecule has 5 heteroatoms. The lowest BCUT2D eigenvalue weighted by Gasteiger charge is -2.07. The van der Waals surface area contributed by atoms with Gasteiger partial charge in [0.1, 0.15) is 6.04 Å². The lowest BCUT2D eigenvalue weighted by atomic mass is 10.2. The fourth-order valence-corrected chi connectivity index (χ4v) is 2.21. The van der Waals surface area contributed by atoms with E-state index in [0.29, 0.717) is 6.54 Å². The summed E-state index contributed by atoms with van der Waals surface area (Å²) >= 11 is 1.69. The van der Waals surface area contributed by atoms with Crippen LogP contribution >= 0.6 is 11.3 Å². The average molecular weight is 246 g/mol. The minimum atomic E-state index is -0.294. The zero-order valence-electron chi connectivity index (χ0n) is 9.63. The summed E-state index contributed by atoms with van der Waals surface area (Å²) in [7, 11) is 0. The number of nitriles is 1. The fourth-order valence-electron chi connectivity index (χ4n) is 1.56. The normalized spacial score (nSPS) is 12.2. The van der Waals surface area contributed by atoms with Gasteiger partial charge in [-0.3, -0.25) is 10.00 Å². The molecule has 1 N–H and O–H groups in total. The standard InChI is InChI=1S/C12H14N4S/c1-2-16-9-10(7-15-16)12(6-13)14-8-11-4-3-5-17-11/h3-5,7,9,12,14H,2,8H2,1H3. The molecule has 0 saturated carbocycles. The van der Waals surface area contributed by atoms with Crippen molar-refractivity contribution in [3.05, 3.63) is 40.3 Å². The van der Waals surface area contributed by atoms with Crippen LogP contribution in [0.2, 0.25) is 0 Å². The lowest BCUT2D eigenvalue weighted by molar-refractivity contribution is 0.630. The summed E-state index contributed by atoms with van der Waals surface area (Å²) in [5.41, 5.74) is 0.922. The molecule has 0 aromatic carbocycles. The third-order valence-corrected chi connectivity index (χ3v) is 3.38. The predicted octanol–water partition coefficient (Wildman–Crippen LogP) is 2.32. The van der Waals surface area contributed by atoms with Crippen molar-refractivity contribution < 1.29 is 0 Å². The maximum Gasteiger partial charge on any atom is 0.124 e. The number of nitrogens with zero attached hydrogens (tertiary/aromatic N) is 3. The Kier molecular flexibility index (Phi) is 3.91. The SMILES string of the molecule is CCn1cc(C(C#N)NCc2cccs2)cn1. The fraction of sp³-hybridized carbons (Fsp3) is 0.333. The van der Waals surface area contributed by atoms with Crippen molar-refractivity contribution in [3.8, 4) is 6.07 Å². The maximum absolute atomic E-state index is 9.14. The van der Waals surface area contributed by atoms with Gasteiger partial charge < -0.3 is 0 Å². The van der Waals surface area contributed by atoms with Crippen molar-refractivity contribution >= 4 is 11.3 Å². The van der Waals surface area contributed by atoms with Crippen molar-refractivity contribution in [2.45, 2.75) is 26.1 Å². The van der Waals surface area contributed by atoms with Crippen molar-refractivity contribution in [2.75, 3.05) is 0 Å². The largest absolute Gasteiger partial charge is 0.293 e. The highest BCUT2D eigenvalue weighted by molar-refractivity contribution is 7.09. The van der Waals surface area contributed by atoms with Crippen molar-refractivity contribution in [3.63, 3.8) is 0 Å². The molecule has 88 valence electrons. The Morgan fingerprint density at radius 2 is 2.53 bits per heavy atom. The Bertz CT molecular complexity index is 495. The van der Waals surface area contributed by atoms with Gasteiger partial charge in [-0.05, 0) is 18.4 Å². The molecular weight excluding hydrogens is 232 g/mol. The van der Waals surface area contributed by atoms with E-state index < -0.39 is 0 Å². The molecule has 0 amide bonds. The molecule has 4 nitrogen and oxygen atoms in total. The van der Waals surface area contributed by atoms with Crippen molar-refractivity contribution in [2.24, 2.45) is 0 Å². The third-order valence-electron chi connectivity index (χ3n) is 2.50. The van der Waals surface area contributed by atoms with Crippen molar-refractivity contribution in [1.29, 1.82) is 5.26 Å². The first-order chi connectivity index (χ1) is 8.33. The second-order valence-corrected chi connectivity index (χ2v) is 4.68. The zero-order chi connectivity index (χ0) is 12.1. The highest BCUT2D eigenvalue weighted by Crippen LogP contribution is 2.14. The van der Waals surface area contributed by atoms with Gasteiger partial charge in [0.25, 0.3) is 0 Å². The molecule has 1 atom stereocenters. The van der Waals surface area contributed by atoms with E-state index in [1.54, 1.807) is 17.5 Å². The molecule has 0 fully saturated rings. The lowest BCUT2D eigenvalue weighted by Crippen LogP contribution is -2.18. The van der Waals surface area contributed by atoms with E-state index >= 15 is 0 Å². The van der Waals surface area contributed by atoms with Gasteiger partial charge in [-0.1, -0.05) is 6.07 Å². The van der Waals surface area contributed by atoms with Gasteiger partial charge in [-0.2, -0.15) is 10.4 Å². The molecule has 2 heterocycles. The summed E-state index contributed by atoms with van der Waals surface area (Å²) in [6.45, 7) is 3.56. The van der Waals surface area contributed by atoms with Crippen LogP contribution in [0.3, 0.4) is 0 Å². The van der Waals surface area contributed by atoms with Gasteiger partial charge in [0.2, 0.25) is 0 Å². The number of thiophene rings is 1. The summed E-state index contributed by atoms with van der Waals surface area (Å²) in [5.74, 6) is 0. The molecule has 0 aliphatic rings. The highest BCUT2D eigenvalue weighted by atomic mass is 32.1.